The summed E-state index contributed by atoms with van der Waals surface area (Å²) in [6.45, 7) is 4.24. The zero-order valence-corrected chi connectivity index (χ0v) is 9.29. The highest BCUT2D eigenvalue weighted by Crippen LogP contribution is 2.14. The number of nitrogens with two attached hydrogens (primary N) is 1. The van der Waals surface area contributed by atoms with E-state index in [0.717, 1.165) is 12.2 Å². The number of hydrogen-bond donors (Lipinski definition) is 1. The van der Waals surface area contributed by atoms with Gasteiger partial charge >= 0.3 is 0 Å². The fourth-order valence-electron chi connectivity index (χ4n) is 1.33. The van der Waals surface area contributed by atoms with Gasteiger partial charge in [-0.15, -0.1) is 5.92 Å². The average molecular weight is 203 g/mol. The average Bonchev–Trinajstić information content (AvgIpc) is 2.18. The highest BCUT2D eigenvalue weighted by molar-refractivity contribution is 5.29. The topological polar surface area (TPSA) is 35.2 Å². The molecule has 0 radical (unpaired) electrons. The molecule has 1 aromatic carbocycles. The summed E-state index contributed by atoms with van der Waals surface area (Å²) >= 11 is 0. The van der Waals surface area contributed by atoms with Crippen molar-refractivity contribution in [1.29, 1.82) is 0 Å². The van der Waals surface area contributed by atoms with Gasteiger partial charge in [0.25, 0.3) is 0 Å². The maximum Gasteiger partial charge on any atom is 0.149 e. The minimum atomic E-state index is 0.177. The molecule has 0 spiro atoms. The molecule has 0 aliphatic heterocycles. The van der Waals surface area contributed by atoms with Crippen LogP contribution in [0.5, 0.6) is 5.75 Å². The molecule has 1 rings (SSSR count). The lowest BCUT2D eigenvalue weighted by Crippen LogP contribution is -2.17. The Bertz CT molecular complexity index is 360. The van der Waals surface area contributed by atoms with Crippen molar-refractivity contribution in [3.05, 3.63) is 29.8 Å². The van der Waals surface area contributed by atoms with Crippen LogP contribution in [0, 0.1) is 11.8 Å². The highest BCUT2D eigenvalue weighted by Gasteiger charge is 1.99. The van der Waals surface area contributed by atoms with Gasteiger partial charge in [-0.2, -0.15) is 0 Å². The first kappa shape index (κ1) is 11.6. The molecule has 0 saturated carbocycles. The van der Waals surface area contributed by atoms with Crippen LogP contribution in [-0.2, 0) is 6.42 Å². The van der Waals surface area contributed by atoms with Gasteiger partial charge in [-0.1, -0.05) is 18.1 Å². The highest BCUT2D eigenvalue weighted by atomic mass is 16.5. The van der Waals surface area contributed by atoms with Crippen LogP contribution in [0.15, 0.2) is 24.3 Å². The normalized spacial score (nSPS) is 11.4. The van der Waals surface area contributed by atoms with E-state index in [1.807, 2.05) is 25.1 Å². The molecular weight excluding hydrogens is 186 g/mol. The SMILES string of the molecule is CC#CCOc1cccc(CC(C)N)c1. The van der Waals surface area contributed by atoms with Crippen molar-refractivity contribution in [3.8, 4) is 17.6 Å². The Hall–Kier alpha value is -1.46. The van der Waals surface area contributed by atoms with Crippen molar-refractivity contribution in [3.63, 3.8) is 0 Å². The Morgan fingerprint density at radius 2 is 2.27 bits per heavy atom. The van der Waals surface area contributed by atoms with Crippen LogP contribution in [0.2, 0.25) is 0 Å². The van der Waals surface area contributed by atoms with Gasteiger partial charge in [0, 0.05) is 6.04 Å². The summed E-state index contributed by atoms with van der Waals surface area (Å²) in [4.78, 5) is 0. The molecule has 0 amide bonds. The molecule has 0 fully saturated rings. The molecule has 2 heteroatoms. The van der Waals surface area contributed by atoms with E-state index in [2.05, 4.69) is 17.9 Å². The molecule has 15 heavy (non-hydrogen) atoms. The Kier molecular flexibility index (Phi) is 4.73. The Labute approximate surface area is 91.4 Å². The maximum absolute atomic E-state index is 5.73. The van der Waals surface area contributed by atoms with E-state index < -0.39 is 0 Å². The number of benzene rings is 1. The number of hydrogen-bond acceptors (Lipinski definition) is 2. The third-order valence-electron chi connectivity index (χ3n) is 1.94. The summed E-state index contributed by atoms with van der Waals surface area (Å²) in [6, 6.07) is 8.16. The van der Waals surface area contributed by atoms with Gasteiger partial charge in [0.05, 0.1) is 0 Å². The Balaban J connectivity index is 2.60. The zero-order chi connectivity index (χ0) is 11.1. The van der Waals surface area contributed by atoms with Gasteiger partial charge in [-0.05, 0) is 38.0 Å². The summed E-state index contributed by atoms with van der Waals surface area (Å²) in [5.74, 6) is 6.51. The lowest BCUT2D eigenvalue weighted by molar-refractivity contribution is 0.369. The molecule has 0 bridgehead atoms. The molecule has 1 aromatic rings. The summed E-state index contributed by atoms with van der Waals surface area (Å²) < 4.78 is 5.45. The van der Waals surface area contributed by atoms with Crippen molar-refractivity contribution in [2.45, 2.75) is 26.3 Å². The van der Waals surface area contributed by atoms with Crippen LogP contribution in [0.25, 0.3) is 0 Å². The van der Waals surface area contributed by atoms with Crippen molar-refractivity contribution in [2.75, 3.05) is 6.61 Å². The van der Waals surface area contributed by atoms with Gasteiger partial charge in [0.15, 0.2) is 0 Å². The predicted octanol–water partition coefficient (Wildman–Crippen LogP) is 1.98. The second-order valence-corrected chi connectivity index (χ2v) is 3.54. The van der Waals surface area contributed by atoms with E-state index in [4.69, 9.17) is 10.5 Å². The molecule has 0 aliphatic rings. The molecule has 2 N–H and O–H groups in total. The molecule has 0 heterocycles. The first-order chi connectivity index (χ1) is 7.22. The van der Waals surface area contributed by atoms with Crippen molar-refractivity contribution < 1.29 is 4.74 Å². The smallest absolute Gasteiger partial charge is 0.149 e. The van der Waals surface area contributed by atoms with Crippen LogP contribution in [0.3, 0.4) is 0 Å². The predicted molar refractivity (Wildman–Crippen MR) is 62.7 cm³/mol. The Morgan fingerprint density at radius 3 is 2.93 bits per heavy atom. The molecule has 1 unspecified atom stereocenters. The molecule has 0 aliphatic carbocycles. The monoisotopic (exact) mass is 203 g/mol. The first-order valence-corrected chi connectivity index (χ1v) is 5.09. The van der Waals surface area contributed by atoms with E-state index in [1.165, 1.54) is 5.56 Å². The van der Waals surface area contributed by atoms with Crippen LogP contribution >= 0.6 is 0 Å². The van der Waals surface area contributed by atoms with Gasteiger partial charge < -0.3 is 10.5 Å². The third kappa shape index (κ3) is 4.53. The van der Waals surface area contributed by atoms with Crippen LogP contribution in [-0.4, -0.2) is 12.6 Å². The second kappa shape index (κ2) is 6.10. The van der Waals surface area contributed by atoms with Crippen molar-refractivity contribution in [2.24, 2.45) is 5.73 Å². The first-order valence-electron chi connectivity index (χ1n) is 5.09. The molecule has 0 aromatic heterocycles. The van der Waals surface area contributed by atoms with E-state index in [9.17, 15) is 0 Å². The van der Waals surface area contributed by atoms with Gasteiger partial charge in [-0.3, -0.25) is 0 Å². The summed E-state index contributed by atoms with van der Waals surface area (Å²) in [5.41, 5.74) is 6.93. The van der Waals surface area contributed by atoms with Crippen LogP contribution in [0.1, 0.15) is 19.4 Å². The molecule has 1 atom stereocenters. The zero-order valence-electron chi connectivity index (χ0n) is 9.29. The Morgan fingerprint density at radius 1 is 1.47 bits per heavy atom. The van der Waals surface area contributed by atoms with Crippen LogP contribution < -0.4 is 10.5 Å². The van der Waals surface area contributed by atoms with E-state index in [1.54, 1.807) is 6.92 Å². The minimum absolute atomic E-state index is 0.177. The fraction of sp³-hybridized carbons (Fsp3) is 0.385. The molecule has 80 valence electrons. The van der Waals surface area contributed by atoms with E-state index in [-0.39, 0.29) is 6.04 Å². The van der Waals surface area contributed by atoms with E-state index in [0.29, 0.717) is 6.61 Å². The van der Waals surface area contributed by atoms with Crippen molar-refractivity contribution >= 4 is 0 Å². The van der Waals surface area contributed by atoms with Gasteiger partial charge in [0.2, 0.25) is 0 Å². The van der Waals surface area contributed by atoms with Crippen molar-refractivity contribution in [1.82, 2.24) is 0 Å². The second-order valence-electron chi connectivity index (χ2n) is 3.54. The lowest BCUT2D eigenvalue weighted by atomic mass is 10.1. The summed E-state index contributed by atoms with van der Waals surface area (Å²) in [5, 5.41) is 0. The standard InChI is InChI=1S/C13H17NO/c1-3-4-8-15-13-7-5-6-12(10-13)9-11(2)14/h5-7,10-11H,8-9,14H2,1-2H3. The van der Waals surface area contributed by atoms with Gasteiger partial charge in [0.1, 0.15) is 12.4 Å². The quantitative estimate of drug-likeness (QED) is 0.759. The van der Waals surface area contributed by atoms with Crippen LogP contribution in [0.4, 0.5) is 0 Å². The lowest BCUT2D eigenvalue weighted by Gasteiger charge is -2.07. The van der Waals surface area contributed by atoms with Gasteiger partial charge in [-0.25, -0.2) is 0 Å². The summed E-state index contributed by atoms with van der Waals surface area (Å²) in [7, 11) is 0. The maximum atomic E-state index is 5.73. The number of rotatable bonds is 4. The largest absolute Gasteiger partial charge is 0.481 e. The molecule has 0 saturated heterocycles. The molecule has 2 nitrogen and oxygen atoms in total. The fourth-order valence-corrected chi connectivity index (χ4v) is 1.33. The minimum Gasteiger partial charge on any atom is -0.481 e. The molecular formula is C13H17NO. The number of ether oxygens (including phenoxy) is 1. The van der Waals surface area contributed by atoms with E-state index >= 15 is 0 Å². The third-order valence-corrected chi connectivity index (χ3v) is 1.94. The summed E-state index contributed by atoms with van der Waals surface area (Å²) in [6.07, 6.45) is 0.872.